The highest BCUT2D eigenvalue weighted by molar-refractivity contribution is 5.80. The summed E-state index contributed by atoms with van der Waals surface area (Å²) in [5.74, 6) is -0.322. The molecule has 0 aliphatic carbocycles. The molecule has 0 N–H and O–H groups in total. The maximum absolute atomic E-state index is 12.9. The van der Waals surface area contributed by atoms with E-state index in [1.165, 1.54) is 12.1 Å². The van der Waals surface area contributed by atoms with Crippen LogP contribution in [0.2, 0.25) is 0 Å². The van der Waals surface area contributed by atoms with Crippen molar-refractivity contribution in [2.75, 3.05) is 6.61 Å². The summed E-state index contributed by atoms with van der Waals surface area (Å²) >= 11 is 0. The van der Waals surface area contributed by atoms with Gasteiger partial charge in [0, 0.05) is 13.5 Å². The van der Waals surface area contributed by atoms with Gasteiger partial charge in [0.25, 0.3) is 0 Å². The number of alkyl halides is 2. The fourth-order valence-electron chi connectivity index (χ4n) is 3.33. The number of hydrogen-bond donors (Lipinski definition) is 0. The zero-order valence-electron chi connectivity index (χ0n) is 14.8. The van der Waals surface area contributed by atoms with E-state index in [-0.39, 0.29) is 11.9 Å². The molecule has 3 aromatic rings. The first-order chi connectivity index (χ1) is 12.9. The Balaban J connectivity index is 1.65. The summed E-state index contributed by atoms with van der Waals surface area (Å²) in [5.41, 5.74) is 2.86. The Kier molecular flexibility index (Phi) is 4.47. The highest BCUT2D eigenvalue weighted by atomic mass is 19.3. The van der Waals surface area contributed by atoms with Crippen molar-refractivity contribution in [3.8, 4) is 16.9 Å². The summed E-state index contributed by atoms with van der Waals surface area (Å²) in [6, 6.07) is 11.8. The number of hydrogen-bond acceptors (Lipinski definition) is 4. The topological polar surface area (TPSA) is 53.6 Å². The molecule has 1 aliphatic rings. The van der Waals surface area contributed by atoms with Crippen molar-refractivity contribution < 1.29 is 22.7 Å². The number of oxazole rings is 1. The largest absolute Gasteiger partial charge is 0.433 e. The molecule has 1 fully saturated rings. The molecule has 0 radical (unpaired) electrons. The summed E-state index contributed by atoms with van der Waals surface area (Å²) in [6.45, 7) is 1.86. The SMILES string of the molecule is CC(F)(F)Oc1ccc(-c2ccc3oc(=O)n(C[C@H]4CCCO4)c3c2)cc1. The molecule has 2 heterocycles. The molecule has 5 nitrogen and oxygen atoms in total. The second-order valence-electron chi connectivity index (χ2n) is 6.73. The van der Waals surface area contributed by atoms with Gasteiger partial charge in [0.05, 0.1) is 18.2 Å². The lowest BCUT2D eigenvalue weighted by atomic mass is 10.1. The number of aromatic nitrogens is 1. The number of nitrogens with zero attached hydrogens (tertiary/aromatic N) is 1. The van der Waals surface area contributed by atoms with Crippen molar-refractivity contribution in [1.29, 1.82) is 0 Å². The van der Waals surface area contributed by atoms with Crippen molar-refractivity contribution in [3.05, 3.63) is 53.0 Å². The number of halogens is 2. The Morgan fingerprint density at radius 2 is 1.93 bits per heavy atom. The highest BCUT2D eigenvalue weighted by Gasteiger charge is 2.23. The van der Waals surface area contributed by atoms with Gasteiger partial charge in [0.2, 0.25) is 0 Å². The normalized spacial score (nSPS) is 17.5. The predicted molar refractivity (Wildman–Crippen MR) is 96.1 cm³/mol. The van der Waals surface area contributed by atoms with Crippen LogP contribution in [0.4, 0.5) is 8.78 Å². The first-order valence-corrected chi connectivity index (χ1v) is 8.81. The fourth-order valence-corrected chi connectivity index (χ4v) is 3.33. The minimum Gasteiger partial charge on any atom is -0.433 e. The van der Waals surface area contributed by atoms with Crippen molar-refractivity contribution >= 4 is 11.1 Å². The molecule has 2 aromatic carbocycles. The van der Waals surface area contributed by atoms with Gasteiger partial charge in [-0.1, -0.05) is 18.2 Å². The summed E-state index contributed by atoms with van der Waals surface area (Å²) in [7, 11) is 0. The van der Waals surface area contributed by atoms with E-state index < -0.39 is 11.9 Å². The number of rotatable bonds is 5. The highest BCUT2D eigenvalue weighted by Crippen LogP contribution is 2.28. The lowest BCUT2D eigenvalue weighted by Crippen LogP contribution is -2.22. The van der Waals surface area contributed by atoms with Crippen LogP contribution in [-0.2, 0) is 11.3 Å². The Morgan fingerprint density at radius 1 is 1.19 bits per heavy atom. The molecule has 0 spiro atoms. The van der Waals surface area contributed by atoms with Gasteiger partial charge < -0.3 is 13.9 Å². The third-order valence-electron chi connectivity index (χ3n) is 4.56. The van der Waals surface area contributed by atoms with Crippen LogP contribution in [0.1, 0.15) is 19.8 Å². The molecule has 1 aromatic heterocycles. The number of ether oxygens (including phenoxy) is 2. The quantitative estimate of drug-likeness (QED) is 0.662. The van der Waals surface area contributed by atoms with Crippen LogP contribution in [0.5, 0.6) is 5.75 Å². The Morgan fingerprint density at radius 3 is 2.59 bits per heavy atom. The number of fused-ring (bicyclic) bond motifs is 1. The van der Waals surface area contributed by atoms with E-state index in [9.17, 15) is 13.6 Å². The molecule has 27 heavy (non-hydrogen) atoms. The lowest BCUT2D eigenvalue weighted by Gasteiger charge is -2.13. The van der Waals surface area contributed by atoms with Crippen molar-refractivity contribution in [1.82, 2.24) is 4.57 Å². The number of benzene rings is 2. The molecule has 1 aliphatic heterocycles. The summed E-state index contributed by atoms with van der Waals surface area (Å²) in [4.78, 5) is 12.2. The summed E-state index contributed by atoms with van der Waals surface area (Å²) in [6.07, 6.45) is -1.30. The van der Waals surface area contributed by atoms with Gasteiger partial charge in [0.15, 0.2) is 5.58 Å². The Hall–Kier alpha value is -2.67. The molecule has 0 unspecified atom stereocenters. The van der Waals surface area contributed by atoms with Gasteiger partial charge in [-0.25, -0.2) is 4.79 Å². The zero-order chi connectivity index (χ0) is 19.0. The first kappa shape index (κ1) is 17.7. The van der Waals surface area contributed by atoms with Gasteiger partial charge >= 0.3 is 11.9 Å². The van der Waals surface area contributed by atoms with E-state index in [2.05, 4.69) is 4.74 Å². The molecular formula is C20H19F2NO4. The van der Waals surface area contributed by atoms with Crippen LogP contribution in [0.3, 0.4) is 0 Å². The van der Waals surface area contributed by atoms with Gasteiger partial charge in [-0.05, 0) is 48.2 Å². The third kappa shape index (κ3) is 3.88. The van der Waals surface area contributed by atoms with E-state index in [4.69, 9.17) is 9.15 Å². The summed E-state index contributed by atoms with van der Waals surface area (Å²) in [5, 5.41) is 0. The average molecular weight is 375 g/mol. The van der Waals surface area contributed by atoms with E-state index in [1.54, 1.807) is 22.8 Å². The molecule has 4 rings (SSSR count). The van der Waals surface area contributed by atoms with Crippen LogP contribution in [-0.4, -0.2) is 23.4 Å². The molecule has 142 valence electrons. The van der Waals surface area contributed by atoms with Gasteiger partial charge in [-0.2, -0.15) is 8.78 Å². The van der Waals surface area contributed by atoms with Gasteiger partial charge in [-0.15, -0.1) is 0 Å². The minimum absolute atomic E-state index is 0.0132. The van der Waals surface area contributed by atoms with Crippen LogP contribution in [0.25, 0.3) is 22.2 Å². The Labute approximate surface area is 154 Å². The van der Waals surface area contributed by atoms with Crippen molar-refractivity contribution in [3.63, 3.8) is 0 Å². The first-order valence-electron chi connectivity index (χ1n) is 8.81. The second kappa shape index (κ2) is 6.81. The molecule has 0 saturated carbocycles. The van der Waals surface area contributed by atoms with E-state index in [1.807, 2.05) is 12.1 Å². The summed E-state index contributed by atoms with van der Waals surface area (Å²) < 4.78 is 43.0. The van der Waals surface area contributed by atoms with E-state index >= 15 is 0 Å². The van der Waals surface area contributed by atoms with E-state index in [0.717, 1.165) is 24.0 Å². The molecule has 0 amide bonds. The Bertz CT molecular complexity index is 995. The van der Waals surface area contributed by atoms with Gasteiger partial charge in [-0.3, -0.25) is 4.57 Å². The fraction of sp³-hybridized carbons (Fsp3) is 0.350. The minimum atomic E-state index is -3.23. The van der Waals surface area contributed by atoms with Crippen LogP contribution in [0, 0.1) is 0 Å². The lowest BCUT2D eigenvalue weighted by molar-refractivity contribution is -0.158. The maximum Gasteiger partial charge on any atom is 0.420 e. The maximum atomic E-state index is 12.9. The standard InChI is InChI=1S/C20H19F2NO4/c1-20(21,22)27-15-7-4-13(5-8-15)14-6-9-18-17(11-14)23(19(24)26-18)12-16-3-2-10-25-16/h4-9,11,16H,2-3,10,12H2,1H3/t16-/m1/s1. The molecule has 1 atom stereocenters. The second-order valence-corrected chi connectivity index (χ2v) is 6.73. The van der Waals surface area contributed by atoms with Crippen molar-refractivity contribution in [2.45, 2.75) is 38.5 Å². The zero-order valence-corrected chi connectivity index (χ0v) is 14.8. The average Bonchev–Trinajstić information content (AvgIpc) is 3.23. The van der Waals surface area contributed by atoms with Crippen molar-refractivity contribution in [2.24, 2.45) is 0 Å². The molecule has 7 heteroatoms. The molecule has 0 bridgehead atoms. The predicted octanol–water partition coefficient (Wildman–Crippen LogP) is 4.43. The third-order valence-corrected chi connectivity index (χ3v) is 4.56. The molecule has 1 saturated heterocycles. The van der Waals surface area contributed by atoms with Crippen LogP contribution in [0.15, 0.2) is 51.7 Å². The molecular weight excluding hydrogens is 356 g/mol. The van der Waals surface area contributed by atoms with Crippen LogP contribution < -0.4 is 10.5 Å². The van der Waals surface area contributed by atoms with Crippen LogP contribution >= 0.6 is 0 Å². The van der Waals surface area contributed by atoms with Gasteiger partial charge in [0.1, 0.15) is 5.75 Å². The smallest absolute Gasteiger partial charge is 0.420 e. The monoisotopic (exact) mass is 375 g/mol. The van der Waals surface area contributed by atoms with E-state index in [0.29, 0.717) is 31.2 Å².